The second-order valence-corrected chi connectivity index (χ2v) is 18.8. The van der Waals surface area contributed by atoms with E-state index in [9.17, 15) is 0 Å². The fraction of sp³-hybridized carbons (Fsp3) is 0.350. The smallest absolute Gasteiger partial charge is 0.424 e. The number of nitrogens with zero attached hydrogens (tertiary/aromatic N) is 4. The number of benzene rings is 2. The van der Waals surface area contributed by atoms with Crippen molar-refractivity contribution in [2.45, 2.75) is 68.2 Å². The maximum absolute atomic E-state index is 6.71. The maximum Gasteiger partial charge on any atom is 0.431 e. The molecule has 2 N–H and O–H groups in total. The standard InChI is InChI=1S/C40H46B2N6OS2/c1-23-37(45-41(47(23)9)35-33-29(15-17-43-35)27-13-11-25(19-31(27)50-33)21-39(3,4)5)49-38-24(2)48(10)42(46-38)36-34-30(16-18-44-36)28-14-12-26(20-32(28)51-34)22-40(6,7)8/h11-20,45-46H,21-22H2,1-10H3. The van der Waals surface area contributed by atoms with Crippen molar-refractivity contribution in [1.29, 1.82) is 0 Å². The summed E-state index contributed by atoms with van der Waals surface area (Å²) < 4.78 is 11.7. The van der Waals surface area contributed by atoms with Crippen LogP contribution in [0.15, 0.2) is 84.1 Å². The Balaban J connectivity index is 1.05. The molecule has 7 nitrogen and oxygen atoms in total. The number of nitrogens with one attached hydrogen (secondary N) is 2. The molecule has 4 aromatic heterocycles. The van der Waals surface area contributed by atoms with Crippen LogP contribution in [0.4, 0.5) is 0 Å². The van der Waals surface area contributed by atoms with E-state index in [1.807, 2.05) is 35.1 Å². The van der Waals surface area contributed by atoms with Gasteiger partial charge in [0.25, 0.3) is 0 Å². The largest absolute Gasteiger partial charge is 0.431 e. The minimum absolute atomic E-state index is 0.154. The van der Waals surface area contributed by atoms with Crippen LogP contribution in [0.5, 0.6) is 0 Å². The summed E-state index contributed by atoms with van der Waals surface area (Å²) in [4.78, 5) is 14.3. The molecule has 2 aromatic carbocycles. The average Bonchev–Trinajstić information content (AvgIpc) is 3.77. The Morgan fingerprint density at radius 2 is 1.04 bits per heavy atom. The molecule has 0 saturated carbocycles. The van der Waals surface area contributed by atoms with E-state index in [2.05, 4.69) is 138 Å². The SMILES string of the molecule is CC1=C(OC2=C(C)N(C)B(c3nccc4c3sc3cc(CC(C)(C)C)ccc34)N2)NB(c2nccc3c2sc2cc(CC(C)(C)C)ccc23)N1C. The molecule has 0 bridgehead atoms. The zero-order chi connectivity index (χ0) is 36.0. The second kappa shape index (κ2) is 12.2. The molecule has 51 heavy (non-hydrogen) atoms. The predicted molar refractivity (Wildman–Crippen MR) is 220 cm³/mol. The predicted octanol–water partition coefficient (Wildman–Crippen LogP) is 7.94. The van der Waals surface area contributed by atoms with Gasteiger partial charge in [-0.25, -0.2) is 0 Å². The number of thiophene rings is 2. The summed E-state index contributed by atoms with van der Waals surface area (Å²) >= 11 is 3.67. The van der Waals surface area contributed by atoms with Crippen LogP contribution in [-0.4, -0.2) is 47.7 Å². The van der Waals surface area contributed by atoms with Gasteiger partial charge in [-0.1, -0.05) is 65.8 Å². The Labute approximate surface area is 310 Å². The molecule has 0 radical (unpaired) electrons. The van der Waals surface area contributed by atoms with E-state index in [-0.39, 0.29) is 24.8 Å². The molecule has 8 rings (SSSR count). The van der Waals surface area contributed by atoms with Gasteiger partial charge in [0.15, 0.2) is 0 Å². The summed E-state index contributed by atoms with van der Waals surface area (Å²) in [7, 11) is 4.21. The van der Waals surface area contributed by atoms with Crippen LogP contribution in [0.2, 0.25) is 0 Å². The first-order valence-corrected chi connectivity index (χ1v) is 19.5. The minimum Gasteiger partial charge on any atom is -0.424 e. The highest BCUT2D eigenvalue weighted by molar-refractivity contribution is 7.27. The third kappa shape index (κ3) is 6.12. The van der Waals surface area contributed by atoms with E-state index in [1.165, 1.54) is 51.5 Å². The molecule has 0 unspecified atom stereocenters. The lowest BCUT2D eigenvalue weighted by molar-refractivity contribution is 0.269. The third-order valence-corrected chi connectivity index (χ3v) is 12.6. The highest BCUT2D eigenvalue weighted by Gasteiger charge is 2.41. The number of fused-ring (bicyclic) bond motifs is 6. The number of rotatable bonds is 6. The number of pyridine rings is 2. The van der Waals surface area contributed by atoms with Gasteiger partial charge < -0.3 is 24.8 Å². The van der Waals surface area contributed by atoms with Crippen LogP contribution < -0.4 is 21.6 Å². The molecule has 2 aliphatic rings. The first-order chi connectivity index (χ1) is 24.1. The molecule has 0 aliphatic carbocycles. The fourth-order valence-electron chi connectivity index (χ4n) is 7.54. The quantitative estimate of drug-likeness (QED) is 0.170. The van der Waals surface area contributed by atoms with Crippen molar-refractivity contribution in [3.8, 4) is 0 Å². The van der Waals surface area contributed by atoms with Crippen molar-refractivity contribution in [3.05, 3.63) is 95.2 Å². The molecule has 0 spiro atoms. The second-order valence-electron chi connectivity index (χ2n) is 16.7. The van der Waals surface area contributed by atoms with Crippen LogP contribution in [0.25, 0.3) is 40.3 Å². The van der Waals surface area contributed by atoms with E-state index >= 15 is 0 Å². The van der Waals surface area contributed by atoms with Crippen LogP contribution in [0, 0.1) is 10.8 Å². The molecule has 6 heterocycles. The zero-order valence-electron chi connectivity index (χ0n) is 31.4. The Morgan fingerprint density at radius 1 is 0.627 bits per heavy atom. The van der Waals surface area contributed by atoms with Crippen molar-refractivity contribution >= 4 is 88.2 Å². The number of ether oxygens (including phenoxy) is 1. The van der Waals surface area contributed by atoms with Gasteiger partial charge in [0, 0.05) is 43.3 Å². The molecule has 0 amide bonds. The van der Waals surface area contributed by atoms with E-state index < -0.39 is 0 Å². The van der Waals surface area contributed by atoms with E-state index in [0.717, 1.165) is 47.2 Å². The summed E-state index contributed by atoms with van der Waals surface area (Å²) in [6.45, 7) is 17.7. The molecule has 0 fully saturated rings. The van der Waals surface area contributed by atoms with Gasteiger partial charge in [0.2, 0.25) is 11.8 Å². The van der Waals surface area contributed by atoms with Gasteiger partial charge in [-0.2, -0.15) is 0 Å². The summed E-state index contributed by atoms with van der Waals surface area (Å²) in [5.74, 6) is 1.45. The summed E-state index contributed by atoms with van der Waals surface area (Å²) in [5.41, 5.74) is 7.30. The van der Waals surface area contributed by atoms with Gasteiger partial charge in [0.05, 0.1) is 32.0 Å². The number of hydrogen-bond donors (Lipinski definition) is 2. The summed E-state index contributed by atoms with van der Waals surface area (Å²) in [6.07, 6.45) is 5.97. The molecule has 0 atom stereocenters. The first kappa shape index (κ1) is 33.9. The number of allylic oxidation sites excluding steroid dienone is 2. The van der Waals surface area contributed by atoms with Crippen molar-refractivity contribution in [3.63, 3.8) is 0 Å². The molecular weight excluding hydrogens is 666 g/mol. The van der Waals surface area contributed by atoms with E-state index in [0.29, 0.717) is 0 Å². The molecule has 6 aromatic rings. The molecule has 11 heteroatoms. The number of hydrogen-bond acceptors (Lipinski definition) is 9. The van der Waals surface area contributed by atoms with Crippen molar-refractivity contribution < 1.29 is 4.74 Å². The molecule has 2 aliphatic heterocycles. The van der Waals surface area contributed by atoms with Gasteiger partial charge in [-0.3, -0.25) is 9.97 Å². The Bertz CT molecular complexity index is 2250. The molecule has 0 saturated heterocycles. The van der Waals surface area contributed by atoms with E-state index in [4.69, 9.17) is 14.7 Å². The van der Waals surface area contributed by atoms with Crippen LogP contribution in [0.1, 0.15) is 66.5 Å². The Hall–Kier alpha value is -4.21. The average molecular weight is 713 g/mol. The van der Waals surface area contributed by atoms with Crippen LogP contribution in [0.3, 0.4) is 0 Å². The van der Waals surface area contributed by atoms with Crippen LogP contribution in [-0.2, 0) is 17.6 Å². The van der Waals surface area contributed by atoms with Gasteiger partial charge in [0.1, 0.15) is 0 Å². The first-order valence-electron chi connectivity index (χ1n) is 17.8. The van der Waals surface area contributed by atoms with Gasteiger partial charge in [-0.15, -0.1) is 22.7 Å². The lowest BCUT2D eigenvalue weighted by Gasteiger charge is -2.18. The molecule has 260 valence electrons. The van der Waals surface area contributed by atoms with Crippen molar-refractivity contribution in [2.24, 2.45) is 10.8 Å². The molecular formula is C40H46B2N6OS2. The highest BCUT2D eigenvalue weighted by Crippen LogP contribution is 2.37. The van der Waals surface area contributed by atoms with Gasteiger partial charge in [-0.05, 0) is 87.0 Å². The van der Waals surface area contributed by atoms with Gasteiger partial charge >= 0.3 is 14.0 Å². The maximum atomic E-state index is 6.71. The topological polar surface area (TPSA) is 65.5 Å². The minimum atomic E-state index is -0.154. The van der Waals surface area contributed by atoms with E-state index in [1.54, 1.807) is 0 Å². The number of aromatic nitrogens is 2. The van der Waals surface area contributed by atoms with Crippen molar-refractivity contribution in [2.75, 3.05) is 14.1 Å². The lowest BCUT2D eigenvalue weighted by Crippen LogP contribution is -2.52. The highest BCUT2D eigenvalue weighted by atomic mass is 32.1. The summed E-state index contributed by atoms with van der Waals surface area (Å²) in [5, 5.41) is 12.5. The summed E-state index contributed by atoms with van der Waals surface area (Å²) in [6, 6.07) is 18.2. The third-order valence-electron chi connectivity index (χ3n) is 10.2. The van der Waals surface area contributed by atoms with Crippen LogP contribution >= 0.6 is 22.7 Å². The normalized spacial score (nSPS) is 15.8. The fourth-order valence-corrected chi connectivity index (χ4v) is 10.1. The van der Waals surface area contributed by atoms with Crippen molar-refractivity contribution in [1.82, 2.24) is 30.0 Å². The Kier molecular flexibility index (Phi) is 8.11. The zero-order valence-corrected chi connectivity index (χ0v) is 33.0. The lowest BCUT2D eigenvalue weighted by atomic mass is 9.71. The Morgan fingerprint density at radius 3 is 1.43 bits per heavy atom. The monoisotopic (exact) mass is 712 g/mol.